The van der Waals surface area contributed by atoms with Crippen molar-refractivity contribution in [1.82, 2.24) is 46.5 Å². The topological polar surface area (TPSA) is 393 Å². The number of carbonyl (C=O) groups excluding carboxylic acids is 7. The van der Waals surface area contributed by atoms with Gasteiger partial charge < -0.3 is 47.4 Å². The van der Waals surface area contributed by atoms with E-state index in [1.807, 2.05) is 33.0 Å². The Kier molecular flexibility index (Phi) is 27.0. The number of sulfonamides is 2. The van der Waals surface area contributed by atoms with Crippen LogP contribution in [0.3, 0.4) is 0 Å². The van der Waals surface area contributed by atoms with Crippen molar-refractivity contribution in [2.45, 2.75) is 135 Å². The van der Waals surface area contributed by atoms with Crippen molar-refractivity contribution in [3.8, 4) is 0 Å². The van der Waals surface area contributed by atoms with E-state index in [1.165, 1.54) is 30.7 Å². The van der Waals surface area contributed by atoms with Gasteiger partial charge in [0.1, 0.15) is 22.9 Å². The van der Waals surface area contributed by atoms with Crippen molar-refractivity contribution in [3.05, 3.63) is 177 Å². The molecule has 0 radical (unpaired) electrons. The standard InChI is InChI=1S/C36H35F5N6O6S2.C24H16F5N3O5S.C12H21N3O2S/c37-25-10-11-26(47-55(52,53)22-8-6-21(7-9-22)36(39,40)41)32(38)31(25)34(51)24-16-43-35-23(24)13-19(15-42-35)5-12-29(49)45-18-44-28(48)4-2-1-3-27-33-20(17-54-27)14-30(50)46-33;25-17-6-7-18(32-38(36,37)14-4-2-13(3-5-14)24(27,28)29)21(26)20(17)22(35)16-11-31-23-15(16)9-12(10-30-23)1-8-19(33)34;13-7-14-10(16)4-2-1-3-9-12-8(6-18-9)5-11(17)15-12/h6-11,13,15-16,20,27,33,47H,1-5,12,14,17-18H2,(H,42,43)(H,44,48)(H,45,49)(H,46,50);2-7,9-11,32H,1,8H2,(H,30,31)(H,33,34);8-9,12H,1-7,13H2,(H,14,16)(H,15,17). The SMILES string of the molecule is NCNC(=O)CCCCC1SCC2CC(=O)NC21.O=C(CCCCC1SCC2CC(=O)NC21)NCNC(=O)CCc1cnc2[nH]cc(C(=O)c3c(F)ccc(NS(=O)(=O)c4ccc(C(F)(F)F)cc4)c3F)c2c1.O=C(O)CCc1cnc2[nH]cc(C(=O)c3c(F)ccc(NS(=O)(=O)c4ccc(C(F)(F)F)cc4)c3F)c2c1. The molecule has 4 aliphatic rings. The molecule has 8 heterocycles. The zero-order valence-corrected chi connectivity index (χ0v) is 61.6. The van der Waals surface area contributed by atoms with E-state index >= 15 is 8.78 Å². The summed E-state index contributed by atoms with van der Waals surface area (Å²) in [6, 6.07) is 11.1. The number of pyridine rings is 2. The number of unbranched alkanes of at least 4 members (excludes halogenated alkanes) is 2. The van der Waals surface area contributed by atoms with Gasteiger partial charge in [0.15, 0.2) is 11.6 Å². The third-order valence-electron chi connectivity index (χ3n) is 18.6. The van der Waals surface area contributed by atoms with Crippen LogP contribution in [0.15, 0.2) is 120 Å². The number of amides is 5. The number of hydrogen-bond acceptors (Lipinski definition) is 17. The van der Waals surface area contributed by atoms with Crippen LogP contribution in [-0.4, -0.2) is 136 Å². The summed E-state index contributed by atoms with van der Waals surface area (Å²) in [6.45, 7) is 0.142. The van der Waals surface area contributed by atoms with Crippen LogP contribution in [0.5, 0.6) is 0 Å². The van der Waals surface area contributed by atoms with Gasteiger partial charge in [0.25, 0.3) is 20.0 Å². The number of carboxylic acids is 1. The van der Waals surface area contributed by atoms with E-state index in [1.54, 1.807) is 0 Å². The first-order chi connectivity index (χ1) is 52.6. The van der Waals surface area contributed by atoms with E-state index in [0.29, 0.717) is 132 Å². The number of aryl methyl sites for hydroxylation is 2. The molecule has 111 heavy (non-hydrogen) atoms. The molecule has 0 bridgehead atoms. The highest BCUT2D eigenvalue weighted by atomic mass is 32.2. The molecule has 5 amide bonds. The Morgan fingerprint density at radius 3 is 1.33 bits per heavy atom. The average molecular weight is 1630 g/mol. The first kappa shape index (κ1) is 83.4. The van der Waals surface area contributed by atoms with Gasteiger partial charge in [-0.05, 0) is 158 Å². The second kappa shape index (κ2) is 35.9. The minimum Gasteiger partial charge on any atom is -0.481 e. The lowest BCUT2D eigenvalue weighted by molar-refractivity contribution is -0.138. The number of anilines is 2. The molecule has 12 rings (SSSR count). The van der Waals surface area contributed by atoms with Gasteiger partial charge in [0.2, 0.25) is 41.1 Å². The number of nitrogens with two attached hydrogens (primary N) is 1. The fraction of sp³-hybridized carbons (Fsp3) is 0.361. The number of alkyl halides is 6. The second-order valence-corrected chi connectivity index (χ2v) is 32.2. The Balaban J connectivity index is 0.000000200. The third-order valence-corrected chi connectivity index (χ3v) is 24.5. The van der Waals surface area contributed by atoms with Crippen molar-refractivity contribution in [2.75, 3.05) is 34.3 Å². The number of aromatic amines is 2. The molecule has 25 nitrogen and oxygen atoms in total. The molecule has 592 valence electrons. The highest BCUT2D eigenvalue weighted by molar-refractivity contribution is 8.00. The summed E-state index contributed by atoms with van der Waals surface area (Å²) in [5, 5.41) is 24.1. The van der Waals surface area contributed by atoms with Crippen LogP contribution in [0.25, 0.3) is 22.1 Å². The number of nitrogens with one attached hydrogen (secondary N) is 9. The number of aliphatic carboxylic acids is 1. The summed E-state index contributed by atoms with van der Waals surface area (Å²) < 4.78 is 192. The van der Waals surface area contributed by atoms with E-state index in [9.17, 15) is 90.3 Å². The number of benzene rings is 4. The maximum atomic E-state index is 15.6. The normalized spacial score (nSPS) is 18.0. The van der Waals surface area contributed by atoms with Crippen LogP contribution >= 0.6 is 23.5 Å². The zero-order valence-electron chi connectivity index (χ0n) is 58.3. The Labute approximate surface area is 635 Å². The molecule has 4 aromatic heterocycles. The van der Waals surface area contributed by atoms with Crippen LogP contribution in [0.1, 0.15) is 131 Å². The van der Waals surface area contributed by atoms with Crippen LogP contribution in [0.4, 0.5) is 55.3 Å². The fourth-order valence-electron chi connectivity index (χ4n) is 12.9. The summed E-state index contributed by atoms with van der Waals surface area (Å²) in [4.78, 5) is 109. The molecular formula is C72H72F10N12O13S4. The third kappa shape index (κ3) is 21.1. The van der Waals surface area contributed by atoms with E-state index in [4.69, 9.17) is 10.8 Å². The summed E-state index contributed by atoms with van der Waals surface area (Å²) in [5.41, 5.74) is 0.143. The van der Waals surface area contributed by atoms with Crippen LogP contribution in [0.2, 0.25) is 0 Å². The number of carbonyl (C=O) groups is 8. The van der Waals surface area contributed by atoms with Gasteiger partial charge in [0.05, 0.1) is 56.8 Å². The molecule has 12 N–H and O–H groups in total. The van der Waals surface area contributed by atoms with Crippen molar-refractivity contribution >= 4 is 124 Å². The van der Waals surface area contributed by atoms with Crippen LogP contribution < -0.4 is 41.8 Å². The molecule has 4 saturated heterocycles. The number of rotatable bonds is 29. The molecule has 6 atom stereocenters. The lowest BCUT2D eigenvalue weighted by Crippen LogP contribution is -2.37. The smallest absolute Gasteiger partial charge is 0.416 e. The van der Waals surface area contributed by atoms with Gasteiger partial charge >= 0.3 is 18.3 Å². The predicted octanol–water partition coefficient (Wildman–Crippen LogP) is 10.3. The molecule has 39 heteroatoms. The molecule has 8 aromatic rings. The molecule has 0 spiro atoms. The largest absolute Gasteiger partial charge is 0.481 e. The van der Waals surface area contributed by atoms with Gasteiger partial charge in [0, 0.05) is 108 Å². The summed E-state index contributed by atoms with van der Waals surface area (Å²) in [5.74, 6) is -6.30. The molecule has 6 unspecified atom stereocenters. The van der Waals surface area contributed by atoms with Crippen molar-refractivity contribution in [2.24, 2.45) is 17.6 Å². The number of halogens is 10. The van der Waals surface area contributed by atoms with Gasteiger partial charge in [-0.3, -0.25) is 47.8 Å². The minimum absolute atomic E-state index is 0.0150. The number of H-pyrrole nitrogens is 2. The lowest BCUT2D eigenvalue weighted by Gasteiger charge is -2.17. The van der Waals surface area contributed by atoms with Crippen molar-refractivity contribution < 1.29 is 104 Å². The number of ketones is 2. The highest BCUT2D eigenvalue weighted by Crippen LogP contribution is 2.42. The van der Waals surface area contributed by atoms with E-state index < -0.39 is 117 Å². The molecule has 0 aliphatic carbocycles. The number of thioether (sulfide) groups is 2. The van der Waals surface area contributed by atoms with Gasteiger partial charge in [-0.1, -0.05) is 12.8 Å². The Hall–Kier alpha value is -10.1. The van der Waals surface area contributed by atoms with E-state index in [-0.39, 0.29) is 108 Å². The number of fused-ring (bicyclic) bond motifs is 4. The maximum absolute atomic E-state index is 15.6. The van der Waals surface area contributed by atoms with Crippen LogP contribution in [-0.2, 0) is 74.0 Å². The number of aromatic nitrogens is 4. The number of nitrogens with zero attached hydrogens (tertiary/aromatic N) is 2. The number of hydrogen-bond donors (Lipinski definition) is 11. The average Bonchev–Trinajstić information content (AvgIpc) is 1.77. The zero-order chi connectivity index (χ0) is 80.3. The molecular weight excluding hydrogens is 1560 g/mol. The maximum Gasteiger partial charge on any atom is 0.416 e. The van der Waals surface area contributed by atoms with Crippen LogP contribution in [0, 0.1) is 35.1 Å². The van der Waals surface area contributed by atoms with Gasteiger partial charge in [-0.25, -0.2) is 44.4 Å². The molecule has 4 fully saturated rings. The van der Waals surface area contributed by atoms with E-state index in [0.717, 1.165) is 61.9 Å². The van der Waals surface area contributed by atoms with Crippen molar-refractivity contribution in [3.63, 3.8) is 0 Å². The Morgan fingerprint density at radius 1 is 0.541 bits per heavy atom. The molecule has 4 aromatic carbocycles. The summed E-state index contributed by atoms with van der Waals surface area (Å²) in [7, 11) is -9.27. The lowest BCUT2D eigenvalue weighted by atomic mass is 9.97. The van der Waals surface area contributed by atoms with Crippen molar-refractivity contribution in [1.29, 1.82) is 0 Å². The first-order valence-corrected chi connectivity index (χ1v) is 39.6. The molecule has 0 saturated carbocycles. The highest BCUT2D eigenvalue weighted by Gasteiger charge is 2.44. The van der Waals surface area contributed by atoms with E-state index in [2.05, 4.69) is 46.5 Å². The van der Waals surface area contributed by atoms with Gasteiger partial charge in [-0.15, -0.1) is 0 Å². The second-order valence-electron chi connectivity index (χ2n) is 26.3. The Bertz CT molecular complexity index is 5070. The summed E-state index contributed by atoms with van der Waals surface area (Å²) >= 11 is 3.84. The fourth-order valence-corrected chi connectivity index (χ4v) is 18.4. The summed E-state index contributed by atoms with van der Waals surface area (Å²) in [6.07, 6.45) is 3.34. The number of carboxylic acid groups (broad SMARTS) is 1. The first-order valence-electron chi connectivity index (χ1n) is 34.5. The predicted molar refractivity (Wildman–Crippen MR) is 388 cm³/mol. The quantitative estimate of drug-likeness (QED) is 0.00898. The Morgan fingerprint density at radius 2 is 0.937 bits per heavy atom. The monoisotopic (exact) mass is 1630 g/mol. The molecule has 4 aliphatic heterocycles. The van der Waals surface area contributed by atoms with Gasteiger partial charge in [-0.2, -0.15) is 49.9 Å². The minimum atomic E-state index is -4.72.